The second kappa shape index (κ2) is 15.0. The number of carbonyl (C=O) groups excluding carboxylic acids is 2. The van der Waals surface area contributed by atoms with E-state index >= 15 is 0 Å². The molecule has 0 aliphatic heterocycles. The molecule has 1 N–H and O–H groups in total. The van der Waals surface area contributed by atoms with Crippen LogP contribution in [0.1, 0.15) is 50.2 Å². The van der Waals surface area contributed by atoms with Gasteiger partial charge >= 0.3 is 0 Å². The molecule has 0 heterocycles. The van der Waals surface area contributed by atoms with E-state index in [0.717, 1.165) is 48.2 Å². The second-order valence-electron chi connectivity index (χ2n) is 10.9. The number of sulfonamides is 1. The van der Waals surface area contributed by atoms with Gasteiger partial charge in [0.15, 0.2) is 0 Å². The summed E-state index contributed by atoms with van der Waals surface area (Å²) in [7, 11) is -3.88. The summed E-state index contributed by atoms with van der Waals surface area (Å²) >= 11 is 0. The minimum absolute atomic E-state index is 0.00438. The highest BCUT2D eigenvalue weighted by Gasteiger charge is 2.34. The summed E-state index contributed by atoms with van der Waals surface area (Å²) in [5, 5.41) is 3.16. The number of nitrogens with one attached hydrogen (secondary N) is 1. The molecular formula is C33H40FN3O5S. The molecule has 1 aliphatic carbocycles. The van der Waals surface area contributed by atoms with Crippen LogP contribution in [0.3, 0.4) is 0 Å². The number of benzene rings is 3. The number of halogens is 1. The van der Waals surface area contributed by atoms with Gasteiger partial charge in [-0.15, -0.1) is 0 Å². The Bertz CT molecular complexity index is 1440. The van der Waals surface area contributed by atoms with Crippen LogP contribution in [0.4, 0.5) is 10.1 Å². The predicted molar refractivity (Wildman–Crippen MR) is 166 cm³/mol. The Labute approximate surface area is 253 Å². The lowest BCUT2D eigenvalue weighted by molar-refractivity contribution is -0.140. The third-order valence-electron chi connectivity index (χ3n) is 7.60. The van der Waals surface area contributed by atoms with Crippen LogP contribution in [0.5, 0.6) is 5.75 Å². The molecule has 0 radical (unpaired) electrons. The zero-order valence-electron chi connectivity index (χ0n) is 24.7. The Morgan fingerprint density at radius 1 is 0.930 bits per heavy atom. The highest BCUT2D eigenvalue weighted by atomic mass is 32.2. The summed E-state index contributed by atoms with van der Waals surface area (Å²) in [5.41, 5.74) is 1.77. The first-order chi connectivity index (χ1) is 20.6. The van der Waals surface area contributed by atoms with Crippen molar-refractivity contribution >= 4 is 27.5 Å². The maximum atomic E-state index is 14.2. The van der Waals surface area contributed by atoms with E-state index in [4.69, 9.17) is 4.74 Å². The summed E-state index contributed by atoms with van der Waals surface area (Å²) in [6, 6.07) is 20.7. The van der Waals surface area contributed by atoms with Gasteiger partial charge in [0.05, 0.1) is 18.6 Å². The zero-order valence-corrected chi connectivity index (χ0v) is 25.6. The van der Waals surface area contributed by atoms with Crippen LogP contribution in [0, 0.1) is 5.82 Å². The van der Waals surface area contributed by atoms with Crippen LogP contribution in [0.15, 0.2) is 78.9 Å². The number of hydrogen-bond donors (Lipinski definition) is 1. The van der Waals surface area contributed by atoms with E-state index in [1.54, 1.807) is 36.4 Å². The van der Waals surface area contributed by atoms with Crippen molar-refractivity contribution in [1.82, 2.24) is 10.2 Å². The van der Waals surface area contributed by atoms with Crippen LogP contribution < -0.4 is 14.4 Å². The number of nitrogens with zero attached hydrogens (tertiary/aromatic N) is 2. The molecule has 10 heteroatoms. The number of hydrogen-bond acceptors (Lipinski definition) is 5. The minimum Gasteiger partial charge on any atom is -0.494 e. The fourth-order valence-corrected chi connectivity index (χ4v) is 6.22. The Hall–Kier alpha value is -3.92. The van der Waals surface area contributed by atoms with Crippen molar-refractivity contribution in [3.8, 4) is 5.75 Å². The van der Waals surface area contributed by atoms with Gasteiger partial charge in [-0.3, -0.25) is 13.9 Å². The number of ether oxygens (including phenoxy) is 1. The Kier molecular flexibility index (Phi) is 11.2. The third-order valence-corrected chi connectivity index (χ3v) is 8.74. The molecule has 4 rings (SSSR count). The molecule has 0 aromatic heterocycles. The van der Waals surface area contributed by atoms with Crippen LogP contribution in [0.25, 0.3) is 0 Å². The standard InChI is InChI=1S/C33H40FN3O5S/c1-3-42-30-20-18-29(19-21-30)37(43(2,40)41)24-32(38)36(23-26-14-16-27(34)17-15-26)31(22-25-10-6-4-7-11-25)33(39)35-28-12-8-5-9-13-28/h4,6-7,10-11,14-21,28,31H,3,5,8-9,12-13,22-24H2,1-2H3,(H,35,39). The number of carbonyl (C=O) groups is 2. The molecule has 1 aliphatic rings. The van der Waals surface area contributed by atoms with Gasteiger partial charge in [-0.2, -0.15) is 0 Å². The summed E-state index contributed by atoms with van der Waals surface area (Å²) in [5.74, 6) is -0.691. The first kappa shape index (κ1) is 32.0. The molecule has 1 atom stereocenters. The Balaban J connectivity index is 1.70. The van der Waals surface area contributed by atoms with E-state index in [1.165, 1.54) is 17.0 Å². The normalized spacial score (nSPS) is 14.5. The number of amides is 2. The molecule has 3 aromatic carbocycles. The van der Waals surface area contributed by atoms with Gasteiger partial charge in [-0.25, -0.2) is 12.8 Å². The molecule has 1 unspecified atom stereocenters. The highest BCUT2D eigenvalue weighted by Crippen LogP contribution is 2.24. The Morgan fingerprint density at radius 3 is 2.19 bits per heavy atom. The molecule has 0 spiro atoms. The molecule has 1 saturated carbocycles. The molecule has 2 amide bonds. The fraction of sp³-hybridized carbons (Fsp3) is 0.394. The van der Waals surface area contributed by atoms with E-state index < -0.39 is 34.3 Å². The molecule has 3 aromatic rings. The maximum Gasteiger partial charge on any atom is 0.244 e. The maximum absolute atomic E-state index is 14.2. The predicted octanol–water partition coefficient (Wildman–Crippen LogP) is 5.08. The van der Waals surface area contributed by atoms with Gasteiger partial charge in [0.2, 0.25) is 21.8 Å². The molecule has 230 valence electrons. The molecule has 8 nitrogen and oxygen atoms in total. The zero-order chi connectivity index (χ0) is 30.8. The van der Waals surface area contributed by atoms with Crippen LogP contribution in [-0.4, -0.2) is 56.6 Å². The van der Waals surface area contributed by atoms with Crippen molar-refractivity contribution in [2.75, 3.05) is 23.7 Å². The summed E-state index contributed by atoms with van der Waals surface area (Å²) < 4.78 is 46.2. The topological polar surface area (TPSA) is 96.0 Å². The SMILES string of the molecule is CCOc1ccc(N(CC(=O)N(Cc2ccc(F)cc2)C(Cc2ccccc2)C(=O)NC2CCCCC2)S(C)(=O)=O)cc1. The molecule has 1 fully saturated rings. The molecule has 43 heavy (non-hydrogen) atoms. The van der Waals surface area contributed by atoms with E-state index in [0.29, 0.717) is 23.6 Å². The number of rotatable bonds is 13. The van der Waals surface area contributed by atoms with Gasteiger partial charge < -0.3 is 15.0 Å². The van der Waals surface area contributed by atoms with E-state index in [-0.39, 0.29) is 24.9 Å². The van der Waals surface area contributed by atoms with Crippen molar-refractivity contribution in [2.45, 2.75) is 64.1 Å². The summed E-state index contributed by atoms with van der Waals surface area (Å²) in [4.78, 5) is 29.6. The fourth-order valence-electron chi connectivity index (χ4n) is 5.37. The third kappa shape index (κ3) is 9.28. The highest BCUT2D eigenvalue weighted by molar-refractivity contribution is 7.92. The lowest BCUT2D eigenvalue weighted by Crippen LogP contribution is -2.55. The summed E-state index contributed by atoms with van der Waals surface area (Å²) in [6.07, 6.45) is 6.19. The van der Waals surface area contributed by atoms with Crippen molar-refractivity contribution < 1.29 is 27.1 Å². The molecule has 0 bridgehead atoms. The van der Waals surface area contributed by atoms with Crippen molar-refractivity contribution in [3.63, 3.8) is 0 Å². The van der Waals surface area contributed by atoms with E-state index in [2.05, 4.69) is 5.32 Å². The average molecular weight is 610 g/mol. The van der Waals surface area contributed by atoms with Crippen molar-refractivity contribution in [3.05, 3.63) is 95.8 Å². The van der Waals surface area contributed by atoms with Gasteiger partial charge in [-0.1, -0.05) is 61.7 Å². The molecule has 0 saturated heterocycles. The number of anilines is 1. The first-order valence-corrected chi connectivity index (χ1v) is 16.6. The van der Waals surface area contributed by atoms with Gasteiger partial charge in [-0.05, 0) is 67.3 Å². The van der Waals surface area contributed by atoms with Gasteiger partial charge in [0.1, 0.15) is 24.2 Å². The second-order valence-corrected chi connectivity index (χ2v) is 12.8. The monoisotopic (exact) mass is 609 g/mol. The van der Waals surface area contributed by atoms with E-state index in [1.807, 2.05) is 37.3 Å². The minimum atomic E-state index is -3.88. The smallest absolute Gasteiger partial charge is 0.244 e. The van der Waals surface area contributed by atoms with Crippen LogP contribution in [-0.2, 0) is 32.6 Å². The van der Waals surface area contributed by atoms with Crippen LogP contribution in [0.2, 0.25) is 0 Å². The largest absolute Gasteiger partial charge is 0.494 e. The Morgan fingerprint density at radius 2 is 1.58 bits per heavy atom. The van der Waals surface area contributed by atoms with Crippen molar-refractivity contribution in [1.29, 1.82) is 0 Å². The lowest BCUT2D eigenvalue weighted by atomic mass is 9.94. The van der Waals surface area contributed by atoms with E-state index in [9.17, 15) is 22.4 Å². The quantitative estimate of drug-likeness (QED) is 0.292. The average Bonchev–Trinajstić information content (AvgIpc) is 2.99. The van der Waals surface area contributed by atoms with Crippen LogP contribution >= 0.6 is 0 Å². The van der Waals surface area contributed by atoms with Gasteiger partial charge in [0.25, 0.3) is 0 Å². The first-order valence-electron chi connectivity index (χ1n) is 14.7. The summed E-state index contributed by atoms with van der Waals surface area (Å²) in [6.45, 7) is 1.78. The van der Waals surface area contributed by atoms with Crippen molar-refractivity contribution in [2.24, 2.45) is 0 Å². The lowest BCUT2D eigenvalue weighted by Gasteiger charge is -2.35. The molecular weight excluding hydrogens is 569 g/mol. The van der Waals surface area contributed by atoms with Gasteiger partial charge in [0, 0.05) is 19.0 Å².